The van der Waals surface area contributed by atoms with E-state index in [-0.39, 0.29) is 18.1 Å². The molecular formula is C20H21N3O3. The molecule has 0 spiro atoms. The van der Waals surface area contributed by atoms with Crippen molar-refractivity contribution in [3.63, 3.8) is 0 Å². The molecule has 26 heavy (non-hydrogen) atoms. The van der Waals surface area contributed by atoms with Gasteiger partial charge in [0, 0.05) is 12.2 Å². The third kappa shape index (κ3) is 4.13. The molecule has 6 nitrogen and oxygen atoms in total. The van der Waals surface area contributed by atoms with Crippen molar-refractivity contribution in [1.82, 2.24) is 4.90 Å². The minimum Gasteiger partial charge on any atom is -0.486 e. The molecule has 0 saturated carbocycles. The molecule has 2 atom stereocenters. The molecule has 2 aromatic rings. The number of anilines is 1. The van der Waals surface area contributed by atoms with E-state index in [1.807, 2.05) is 43.1 Å². The van der Waals surface area contributed by atoms with Crippen molar-refractivity contribution >= 4 is 11.6 Å². The van der Waals surface area contributed by atoms with Crippen molar-refractivity contribution in [2.75, 3.05) is 25.5 Å². The van der Waals surface area contributed by atoms with Crippen molar-refractivity contribution in [3.05, 3.63) is 54.1 Å². The number of para-hydroxylation sites is 2. The molecule has 1 aliphatic rings. The van der Waals surface area contributed by atoms with E-state index in [1.165, 1.54) is 0 Å². The van der Waals surface area contributed by atoms with Gasteiger partial charge in [-0.25, -0.2) is 0 Å². The van der Waals surface area contributed by atoms with E-state index in [9.17, 15) is 4.79 Å². The zero-order valence-electron chi connectivity index (χ0n) is 14.8. The molecule has 0 fully saturated rings. The Labute approximate surface area is 152 Å². The summed E-state index contributed by atoms with van der Waals surface area (Å²) in [6.07, 6.45) is -0.139. The van der Waals surface area contributed by atoms with Crippen molar-refractivity contribution in [1.29, 1.82) is 5.26 Å². The highest BCUT2D eigenvalue weighted by Gasteiger charge is 2.26. The van der Waals surface area contributed by atoms with Crippen LogP contribution in [0.5, 0.6) is 11.5 Å². The van der Waals surface area contributed by atoms with Crippen LogP contribution in [0, 0.1) is 11.3 Å². The fraction of sp³-hybridized carbons (Fsp3) is 0.300. The van der Waals surface area contributed by atoms with Crippen LogP contribution in [-0.2, 0) is 4.79 Å². The molecule has 1 heterocycles. The molecule has 134 valence electrons. The summed E-state index contributed by atoms with van der Waals surface area (Å²) in [5.41, 5.74) is 1.23. The van der Waals surface area contributed by atoms with E-state index < -0.39 is 0 Å². The number of ether oxygens (including phenoxy) is 2. The van der Waals surface area contributed by atoms with E-state index >= 15 is 0 Å². The first-order valence-corrected chi connectivity index (χ1v) is 8.46. The van der Waals surface area contributed by atoms with Crippen LogP contribution in [0.2, 0.25) is 0 Å². The van der Waals surface area contributed by atoms with E-state index in [4.69, 9.17) is 14.7 Å². The average Bonchev–Trinajstić information content (AvgIpc) is 2.67. The lowest BCUT2D eigenvalue weighted by atomic mass is 10.2. The van der Waals surface area contributed by atoms with Gasteiger partial charge in [-0.1, -0.05) is 12.1 Å². The molecule has 1 aliphatic heterocycles. The van der Waals surface area contributed by atoms with Gasteiger partial charge in [0.15, 0.2) is 11.5 Å². The summed E-state index contributed by atoms with van der Waals surface area (Å²) in [6, 6.07) is 16.1. The highest BCUT2D eigenvalue weighted by atomic mass is 16.6. The third-order valence-electron chi connectivity index (χ3n) is 4.38. The second-order valence-corrected chi connectivity index (χ2v) is 6.29. The molecule has 0 bridgehead atoms. The molecule has 0 aromatic heterocycles. The topological polar surface area (TPSA) is 74.6 Å². The fourth-order valence-electron chi connectivity index (χ4n) is 2.71. The lowest BCUT2D eigenvalue weighted by Crippen LogP contribution is -2.46. The highest BCUT2D eigenvalue weighted by molar-refractivity contribution is 5.94. The predicted molar refractivity (Wildman–Crippen MR) is 98.2 cm³/mol. The molecule has 1 N–H and O–H groups in total. The van der Waals surface area contributed by atoms with Crippen LogP contribution in [0.1, 0.15) is 12.5 Å². The van der Waals surface area contributed by atoms with Crippen LogP contribution in [-0.4, -0.2) is 43.2 Å². The number of likely N-dealkylation sites (N-methyl/N-ethyl adjacent to an activating group) is 1. The number of amides is 1. The van der Waals surface area contributed by atoms with Crippen LogP contribution in [0.3, 0.4) is 0 Å². The minimum absolute atomic E-state index is 0.116. The van der Waals surface area contributed by atoms with E-state index in [1.54, 1.807) is 24.3 Å². The number of fused-ring (bicyclic) bond motifs is 1. The third-order valence-corrected chi connectivity index (χ3v) is 4.38. The van der Waals surface area contributed by atoms with Crippen LogP contribution in [0.25, 0.3) is 0 Å². The maximum Gasteiger partial charge on any atom is 0.241 e. The number of benzene rings is 2. The molecule has 3 rings (SSSR count). The fourth-order valence-corrected chi connectivity index (χ4v) is 2.71. The quantitative estimate of drug-likeness (QED) is 0.896. The van der Waals surface area contributed by atoms with Crippen LogP contribution in [0.15, 0.2) is 48.5 Å². The van der Waals surface area contributed by atoms with E-state index in [0.29, 0.717) is 24.4 Å². The first kappa shape index (κ1) is 17.8. The maximum atomic E-state index is 12.5. The van der Waals surface area contributed by atoms with Gasteiger partial charge in [-0.3, -0.25) is 9.69 Å². The van der Waals surface area contributed by atoms with Gasteiger partial charge in [-0.15, -0.1) is 0 Å². The van der Waals surface area contributed by atoms with Gasteiger partial charge in [-0.05, 0) is 50.4 Å². The van der Waals surface area contributed by atoms with Crippen LogP contribution >= 0.6 is 0 Å². The lowest BCUT2D eigenvalue weighted by molar-refractivity contribution is -0.120. The average molecular weight is 351 g/mol. The summed E-state index contributed by atoms with van der Waals surface area (Å²) in [6.45, 7) is 2.86. The standard InChI is InChI=1S/C20H21N3O3/c1-14(20(24)22-16-9-7-15(11-21)8-10-16)23(2)12-17-13-25-18-5-3-4-6-19(18)26-17/h3-10,14,17H,12-13H2,1-2H3,(H,22,24)/t14-,17-/m1/s1. The number of nitriles is 1. The molecule has 2 aromatic carbocycles. The number of nitrogens with one attached hydrogen (secondary N) is 1. The Balaban J connectivity index is 1.54. The normalized spacial score (nSPS) is 16.6. The summed E-state index contributed by atoms with van der Waals surface area (Å²) >= 11 is 0. The SMILES string of the molecule is C[C@H](C(=O)Nc1ccc(C#N)cc1)N(C)C[C@@H]1COc2ccccc2O1. The Morgan fingerprint density at radius 2 is 1.96 bits per heavy atom. The van der Waals surface area contributed by atoms with Crippen LogP contribution in [0.4, 0.5) is 5.69 Å². The van der Waals surface area contributed by atoms with Crippen molar-refractivity contribution in [3.8, 4) is 17.6 Å². The lowest BCUT2D eigenvalue weighted by Gasteiger charge is -2.31. The maximum absolute atomic E-state index is 12.5. The number of carbonyl (C=O) groups excluding carboxylic acids is 1. The predicted octanol–water partition coefficient (Wildman–Crippen LogP) is 2.66. The van der Waals surface area contributed by atoms with Gasteiger partial charge in [-0.2, -0.15) is 5.26 Å². The molecular weight excluding hydrogens is 330 g/mol. The number of rotatable bonds is 5. The zero-order valence-corrected chi connectivity index (χ0v) is 14.8. The largest absolute Gasteiger partial charge is 0.486 e. The van der Waals surface area contributed by atoms with Crippen molar-refractivity contribution < 1.29 is 14.3 Å². The Kier molecular flexibility index (Phi) is 5.40. The van der Waals surface area contributed by atoms with Crippen LogP contribution < -0.4 is 14.8 Å². The molecule has 0 saturated heterocycles. The van der Waals surface area contributed by atoms with E-state index in [2.05, 4.69) is 11.4 Å². The van der Waals surface area contributed by atoms with Gasteiger partial charge in [0.2, 0.25) is 5.91 Å². The monoisotopic (exact) mass is 351 g/mol. The first-order chi connectivity index (χ1) is 12.6. The molecule has 6 heteroatoms. The second kappa shape index (κ2) is 7.89. The Morgan fingerprint density at radius 3 is 2.65 bits per heavy atom. The summed E-state index contributed by atoms with van der Waals surface area (Å²) in [7, 11) is 1.88. The second-order valence-electron chi connectivity index (χ2n) is 6.29. The molecule has 1 amide bonds. The molecule has 0 aliphatic carbocycles. The van der Waals surface area contributed by atoms with Gasteiger partial charge >= 0.3 is 0 Å². The Hall–Kier alpha value is -3.04. The summed E-state index contributed by atoms with van der Waals surface area (Å²) < 4.78 is 11.7. The zero-order chi connectivity index (χ0) is 18.5. The van der Waals surface area contributed by atoms with Gasteiger partial charge in [0.1, 0.15) is 12.7 Å². The van der Waals surface area contributed by atoms with Gasteiger partial charge in [0.05, 0.1) is 17.7 Å². The molecule has 0 unspecified atom stereocenters. The number of nitrogens with zero attached hydrogens (tertiary/aromatic N) is 2. The summed E-state index contributed by atoms with van der Waals surface area (Å²) in [5, 5.41) is 11.7. The number of hydrogen-bond donors (Lipinski definition) is 1. The number of carbonyl (C=O) groups is 1. The summed E-state index contributed by atoms with van der Waals surface area (Å²) in [4.78, 5) is 14.4. The molecule has 0 radical (unpaired) electrons. The van der Waals surface area contributed by atoms with Gasteiger partial charge < -0.3 is 14.8 Å². The van der Waals surface area contributed by atoms with E-state index in [0.717, 1.165) is 11.5 Å². The minimum atomic E-state index is -0.341. The Bertz CT molecular complexity index is 814. The van der Waals surface area contributed by atoms with Crippen molar-refractivity contribution in [2.24, 2.45) is 0 Å². The number of hydrogen-bond acceptors (Lipinski definition) is 5. The highest BCUT2D eigenvalue weighted by Crippen LogP contribution is 2.31. The Morgan fingerprint density at radius 1 is 1.27 bits per heavy atom. The van der Waals surface area contributed by atoms with Gasteiger partial charge in [0.25, 0.3) is 0 Å². The van der Waals surface area contributed by atoms with Crippen molar-refractivity contribution in [2.45, 2.75) is 19.1 Å². The first-order valence-electron chi connectivity index (χ1n) is 8.46. The smallest absolute Gasteiger partial charge is 0.241 e. The summed E-state index contributed by atoms with van der Waals surface area (Å²) in [5.74, 6) is 1.36.